The fraction of sp³-hybridized carbons (Fsp3) is 0.500. The molecule has 0 saturated carbocycles. The fourth-order valence-corrected chi connectivity index (χ4v) is 4.04. The van der Waals surface area contributed by atoms with Gasteiger partial charge in [-0.25, -0.2) is 13.1 Å². The van der Waals surface area contributed by atoms with E-state index in [1.807, 2.05) is 6.92 Å². The predicted molar refractivity (Wildman–Crippen MR) is 67.6 cm³/mol. The summed E-state index contributed by atoms with van der Waals surface area (Å²) in [6.07, 6.45) is 0.699. The Bertz CT molecular complexity index is 520. The van der Waals surface area contributed by atoms with Crippen molar-refractivity contribution in [2.75, 3.05) is 0 Å². The first-order valence-electron chi connectivity index (χ1n) is 5.20. The van der Waals surface area contributed by atoms with Gasteiger partial charge in [-0.3, -0.25) is 4.79 Å². The molecule has 1 aromatic heterocycles. The Morgan fingerprint density at radius 2 is 2.18 bits per heavy atom. The number of nitrogens with two attached hydrogens (primary N) is 1. The summed E-state index contributed by atoms with van der Waals surface area (Å²) in [5, 5.41) is 0. The molecule has 1 atom stereocenters. The first kappa shape index (κ1) is 14.1. The van der Waals surface area contributed by atoms with E-state index >= 15 is 0 Å². The maximum absolute atomic E-state index is 12.0. The monoisotopic (exact) mass is 276 g/mol. The molecule has 5 nitrogen and oxygen atoms in total. The van der Waals surface area contributed by atoms with Gasteiger partial charge in [0.2, 0.25) is 10.0 Å². The quantitative estimate of drug-likeness (QED) is 0.847. The highest BCUT2D eigenvalue weighted by molar-refractivity contribution is 7.89. The Labute approximate surface area is 105 Å². The molecular formula is C10H16N2O3S2. The second-order valence-electron chi connectivity index (χ2n) is 3.83. The van der Waals surface area contributed by atoms with Gasteiger partial charge in [-0.2, -0.15) is 0 Å². The molecule has 17 heavy (non-hydrogen) atoms. The van der Waals surface area contributed by atoms with Crippen LogP contribution in [-0.4, -0.2) is 20.4 Å². The van der Waals surface area contributed by atoms with E-state index in [1.54, 1.807) is 13.8 Å². The van der Waals surface area contributed by atoms with Gasteiger partial charge in [0, 0.05) is 10.9 Å². The Hall–Kier alpha value is -0.920. The lowest BCUT2D eigenvalue weighted by Gasteiger charge is -2.11. The van der Waals surface area contributed by atoms with Gasteiger partial charge in [-0.05, 0) is 26.3 Å². The van der Waals surface area contributed by atoms with E-state index in [9.17, 15) is 13.2 Å². The van der Waals surface area contributed by atoms with Crippen molar-refractivity contribution in [1.29, 1.82) is 0 Å². The van der Waals surface area contributed by atoms with Gasteiger partial charge in [0.25, 0.3) is 5.91 Å². The molecule has 0 aliphatic rings. The molecule has 0 aliphatic carbocycles. The first-order valence-corrected chi connectivity index (χ1v) is 7.50. The average Bonchev–Trinajstić information content (AvgIpc) is 2.60. The smallest absolute Gasteiger partial charge is 0.258 e. The zero-order valence-corrected chi connectivity index (χ0v) is 11.6. The van der Waals surface area contributed by atoms with Crippen LogP contribution in [0.4, 0.5) is 0 Å². The number of carbonyl (C=O) groups excluding carboxylic acids is 1. The number of primary amides is 1. The van der Waals surface area contributed by atoms with Gasteiger partial charge in [-0.1, -0.05) is 6.92 Å². The molecule has 0 radical (unpaired) electrons. The SMILES string of the molecule is CC[C@H](C)NS(=O)(=O)c1cc(C(N)=O)sc1C. The van der Waals surface area contributed by atoms with Crippen molar-refractivity contribution in [3.8, 4) is 0 Å². The van der Waals surface area contributed by atoms with E-state index < -0.39 is 15.9 Å². The minimum Gasteiger partial charge on any atom is -0.365 e. The van der Waals surface area contributed by atoms with E-state index in [-0.39, 0.29) is 15.8 Å². The Morgan fingerprint density at radius 1 is 1.59 bits per heavy atom. The summed E-state index contributed by atoms with van der Waals surface area (Å²) in [5.74, 6) is -0.608. The van der Waals surface area contributed by atoms with Crippen LogP contribution in [0.15, 0.2) is 11.0 Å². The van der Waals surface area contributed by atoms with Crippen LogP contribution in [0.1, 0.15) is 34.8 Å². The summed E-state index contributed by atoms with van der Waals surface area (Å²) < 4.78 is 26.5. The molecule has 0 fully saturated rings. The highest BCUT2D eigenvalue weighted by Gasteiger charge is 2.22. The van der Waals surface area contributed by atoms with E-state index in [2.05, 4.69) is 4.72 Å². The molecule has 0 bridgehead atoms. The van der Waals surface area contributed by atoms with Crippen molar-refractivity contribution in [3.05, 3.63) is 15.8 Å². The van der Waals surface area contributed by atoms with Gasteiger partial charge in [-0.15, -0.1) is 11.3 Å². The van der Waals surface area contributed by atoms with Crippen LogP contribution in [0, 0.1) is 6.92 Å². The number of thiophene rings is 1. The maximum atomic E-state index is 12.0. The van der Waals surface area contributed by atoms with Gasteiger partial charge in [0.05, 0.1) is 9.77 Å². The van der Waals surface area contributed by atoms with E-state index in [0.717, 1.165) is 11.3 Å². The lowest BCUT2D eigenvalue weighted by molar-refractivity contribution is 0.100. The van der Waals surface area contributed by atoms with Crippen molar-refractivity contribution in [1.82, 2.24) is 4.72 Å². The summed E-state index contributed by atoms with van der Waals surface area (Å²) in [7, 11) is -3.56. The van der Waals surface area contributed by atoms with Crippen LogP contribution in [0.3, 0.4) is 0 Å². The topological polar surface area (TPSA) is 89.3 Å². The average molecular weight is 276 g/mol. The van der Waals surface area contributed by atoms with Crippen LogP contribution >= 0.6 is 11.3 Å². The maximum Gasteiger partial charge on any atom is 0.258 e. The van der Waals surface area contributed by atoms with Crippen molar-refractivity contribution in [2.45, 2.75) is 38.1 Å². The fourth-order valence-electron chi connectivity index (χ4n) is 1.27. The summed E-state index contributed by atoms with van der Waals surface area (Å²) in [4.78, 5) is 11.9. The van der Waals surface area contributed by atoms with Crippen molar-refractivity contribution >= 4 is 27.3 Å². The van der Waals surface area contributed by atoms with Crippen LogP contribution in [0.2, 0.25) is 0 Å². The van der Waals surface area contributed by atoms with Gasteiger partial charge in [0.15, 0.2) is 0 Å². The molecule has 3 N–H and O–H groups in total. The number of nitrogens with one attached hydrogen (secondary N) is 1. The standard InChI is InChI=1S/C10H16N2O3S2/c1-4-6(2)12-17(14,15)9-5-8(10(11)13)16-7(9)3/h5-6,12H,4H2,1-3H3,(H2,11,13)/t6-/m0/s1. The predicted octanol–water partition coefficient (Wildman–Crippen LogP) is 1.23. The zero-order valence-electron chi connectivity index (χ0n) is 9.98. The van der Waals surface area contributed by atoms with Gasteiger partial charge < -0.3 is 5.73 Å². The van der Waals surface area contributed by atoms with E-state index in [4.69, 9.17) is 5.73 Å². The minimum atomic E-state index is -3.56. The molecule has 1 heterocycles. The molecule has 0 saturated heterocycles. The van der Waals surface area contributed by atoms with Crippen LogP contribution in [0.25, 0.3) is 0 Å². The largest absolute Gasteiger partial charge is 0.365 e. The molecule has 1 amide bonds. The normalized spacial score (nSPS) is 13.6. The molecule has 1 rings (SSSR count). The number of carbonyl (C=O) groups is 1. The number of hydrogen-bond acceptors (Lipinski definition) is 4. The molecule has 0 spiro atoms. The van der Waals surface area contributed by atoms with Gasteiger partial charge in [0.1, 0.15) is 0 Å². The van der Waals surface area contributed by atoms with Crippen molar-refractivity contribution in [3.63, 3.8) is 0 Å². The first-order chi connectivity index (χ1) is 7.77. The minimum absolute atomic E-state index is 0.136. The lowest BCUT2D eigenvalue weighted by atomic mass is 10.3. The molecule has 1 aromatic rings. The second kappa shape index (κ2) is 5.16. The Balaban J connectivity index is 3.11. The highest BCUT2D eigenvalue weighted by atomic mass is 32.2. The third-order valence-corrected chi connectivity index (χ3v) is 5.28. The Kier molecular flexibility index (Phi) is 4.29. The zero-order chi connectivity index (χ0) is 13.2. The molecule has 0 aliphatic heterocycles. The number of aryl methyl sites for hydroxylation is 1. The summed E-state index contributed by atoms with van der Waals surface area (Å²) in [6, 6.07) is 1.18. The number of sulfonamides is 1. The molecular weight excluding hydrogens is 260 g/mol. The highest BCUT2D eigenvalue weighted by Crippen LogP contribution is 2.25. The van der Waals surface area contributed by atoms with Crippen LogP contribution in [-0.2, 0) is 10.0 Å². The number of amides is 1. The lowest BCUT2D eigenvalue weighted by Crippen LogP contribution is -2.32. The Morgan fingerprint density at radius 3 is 2.59 bits per heavy atom. The van der Waals surface area contributed by atoms with Gasteiger partial charge >= 0.3 is 0 Å². The summed E-state index contributed by atoms with van der Waals surface area (Å²) in [5.41, 5.74) is 5.12. The molecule has 96 valence electrons. The van der Waals surface area contributed by atoms with Crippen LogP contribution in [0.5, 0.6) is 0 Å². The molecule has 0 unspecified atom stereocenters. The number of hydrogen-bond donors (Lipinski definition) is 2. The summed E-state index contributed by atoms with van der Waals surface area (Å²) in [6.45, 7) is 5.33. The molecule has 7 heteroatoms. The third-order valence-electron chi connectivity index (χ3n) is 2.37. The van der Waals surface area contributed by atoms with E-state index in [0.29, 0.717) is 11.3 Å². The second-order valence-corrected chi connectivity index (χ2v) is 6.76. The third kappa shape index (κ3) is 3.27. The summed E-state index contributed by atoms with van der Waals surface area (Å²) >= 11 is 1.09. The van der Waals surface area contributed by atoms with E-state index in [1.165, 1.54) is 6.07 Å². The van der Waals surface area contributed by atoms with Crippen LogP contribution < -0.4 is 10.5 Å². The van der Waals surface area contributed by atoms with Crippen molar-refractivity contribution < 1.29 is 13.2 Å². The van der Waals surface area contributed by atoms with Crippen molar-refractivity contribution in [2.24, 2.45) is 5.73 Å². The number of rotatable bonds is 5. The molecule has 0 aromatic carbocycles.